The first kappa shape index (κ1) is 18.8. The van der Waals surface area contributed by atoms with Gasteiger partial charge < -0.3 is 15.6 Å². The van der Waals surface area contributed by atoms with Gasteiger partial charge in [-0.1, -0.05) is 0 Å². The molecule has 0 radical (unpaired) electrons. The molecule has 0 bridgehead atoms. The number of likely N-dealkylation sites (tertiary alicyclic amines) is 1. The van der Waals surface area contributed by atoms with E-state index in [2.05, 4.69) is 4.98 Å². The largest absolute Gasteiger partial charge is 0.356 e. The minimum Gasteiger partial charge on any atom is -0.356 e. The molecule has 0 aromatic carbocycles. The van der Waals surface area contributed by atoms with E-state index in [4.69, 9.17) is 5.73 Å². The van der Waals surface area contributed by atoms with Crippen LogP contribution in [0.5, 0.6) is 0 Å². The Morgan fingerprint density at radius 3 is 2.52 bits per heavy atom. The molecule has 0 spiro atoms. The van der Waals surface area contributed by atoms with Crippen LogP contribution in [0, 0.1) is 5.92 Å². The van der Waals surface area contributed by atoms with Gasteiger partial charge in [-0.05, 0) is 31.7 Å². The van der Waals surface area contributed by atoms with Crippen LogP contribution in [0.4, 0.5) is 0 Å². The zero-order chi connectivity index (χ0) is 18.0. The van der Waals surface area contributed by atoms with Crippen molar-refractivity contribution in [2.75, 3.05) is 37.7 Å². The number of nitrogens with zero attached hydrogens (tertiary/aromatic N) is 2. The molecule has 0 aliphatic carbocycles. The summed E-state index contributed by atoms with van der Waals surface area (Å²) >= 11 is 1.76. The maximum absolute atomic E-state index is 12.7. The molecule has 1 atom stereocenters. The molecule has 0 saturated carbocycles. The fourth-order valence-corrected chi connectivity index (χ4v) is 5.95. The molecular formula is C16H26N4O3S2. The number of aromatic nitrogens is 1. The van der Waals surface area contributed by atoms with Gasteiger partial charge in [-0.25, -0.2) is 8.42 Å². The van der Waals surface area contributed by atoms with Crippen LogP contribution < -0.4 is 5.73 Å². The van der Waals surface area contributed by atoms with E-state index >= 15 is 0 Å². The predicted octanol–water partition coefficient (Wildman–Crippen LogP) is 0.952. The summed E-state index contributed by atoms with van der Waals surface area (Å²) in [5.41, 5.74) is 6.28. The zero-order valence-electron chi connectivity index (χ0n) is 14.5. The molecule has 140 valence electrons. The molecular weight excluding hydrogens is 360 g/mol. The molecule has 3 N–H and O–H groups in total. The van der Waals surface area contributed by atoms with Crippen molar-refractivity contribution >= 4 is 27.7 Å². The number of rotatable bonds is 4. The summed E-state index contributed by atoms with van der Waals surface area (Å²) in [6.07, 6.45) is 3.21. The van der Waals surface area contributed by atoms with Crippen molar-refractivity contribution in [3.05, 3.63) is 18.0 Å². The smallest absolute Gasteiger partial charge is 0.270 e. The Morgan fingerprint density at radius 2 is 1.92 bits per heavy atom. The molecule has 25 heavy (non-hydrogen) atoms. The lowest BCUT2D eigenvalue weighted by molar-refractivity contribution is 0.0675. The molecule has 1 unspecified atom stereocenters. The number of nitrogens with one attached hydrogen (secondary N) is 1. The summed E-state index contributed by atoms with van der Waals surface area (Å²) in [5, 5.41) is 0. The molecule has 1 amide bonds. The highest BCUT2D eigenvalue weighted by atomic mass is 32.2. The number of sulfonamides is 1. The van der Waals surface area contributed by atoms with E-state index in [1.807, 2.05) is 6.92 Å². The van der Waals surface area contributed by atoms with Gasteiger partial charge in [0.2, 0.25) is 10.0 Å². The summed E-state index contributed by atoms with van der Waals surface area (Å²) in [5.74, 6) is 1.92. The van der Waals surface area contributed by atoms with Gasteiger partial charge in [-0.15, -0.1) is 0 Å². The van der Waals surface area contributed by atoms with Crippen LogP contribution in [0.15, 0.2) is 17.2 Å². The fraction of sp³-hybridized carbons (Fsp3) is 0.688. The number of carbonyl (C=O) groups is 1. The third-order valence-electron chi connectivity index (χ3n) is 5.07. The Kier molecular flexibility index (Phi) is 5.77. The number of carbonyl (C=O) groups excluding carboxylic acids is 1. The Bertz CT molecular complexity index is 703. The average Bonchev–Trinajstić information content (AvgIpc) is 3.13. The van der Waals surface area contributed by atoms with Crippen molar-refractivity contribution in [1.82, 2.24) is 14.2 Å². The number of thioether (sulfide) groups is 1. The Balaban J connectivity index is 1.68. The molecule has 2 saturated heterocycles. The van der Waals surface area contributed by atoms with E-state index in [1.54, 1.807) is 16.7 Å². The van der Waals surface area contributed by atoms with Crippen LogP contribution in [0.2, 0.25) is 0 Å². The van der Waals surface area contributed by atoms with Gasteiger partial charge in [-0.2, -0.15) is 16.1 Å². The standard InChI is InChI=1S/C16H26N4O3S2/c1-12(17)13-2-4-19(5-3-13)16(21)15-10-14(11-18-15)25(22,23)20-6-8-24-9-7-20/h10-13,18H,2-9,17H2,1H3. The molecule has 7 nitrogen and oxygen atoms in total. The molecule has 2 aliphatic rings. The van der Waals surface area contributed by atoms with Gasteiger partial charge in [0.05, 0.1) is 0 Å². The highest BCUT2D eigenvalue weighted by molar-refractivity contribution is 7.99. The highest BCUT2D eigenvalue weighted by Gasteiger charge is 2.30. The first-order valence-corrected chi connectivity index (χ1v) is 11.3. The monoisotopic (exact) mass is 386 g/mol. The van der Waals surface area contributed by atoms with Crippen LogP contribution in [0.1, 0.15) is 30.3 Å². The lowest BCUT2D eigenvalue weighted by Crippen LogP contribution is -2.42. The van der Waals surface area contributed by atoms with Crippen molar-refractivity contribution in [2.45, 2.75) is 30.7 Å². The minimum absolute atomic E-state index is 0.140. The van der Waals surface area contributed by atoms with Gasteiger partial charge in [0, 0.05) is 49.9 Å². The summed E-state index contributed by atoms with van der Waals surface area (Å²) in [7, 11) is -3.52. The third-order valence-corrected chi connectivity index (χ3v) is 7.88. The second-order valence-electron chi connectivity index (χ2n) is 6.75. The molecule has 3 heterocycles. The van der Waals surface area contributed by atoms with Crippen molar-refractivity contribution in [1.29, 1.82) is 0 Å². The number of H-pyrrole nitrogens is 1. The first-order chi connectivity index (χ1) is 11.9. The Labute approximate surface area is 153 Å². The van der Waals surface area contributed by atoms with Gasteiger partial charge in [-0.3, -0.25) is 4.79 Å². The lowest BCUT2D eigenvalue weighted by Gasteiger charge is -2.33. The normalized spacial score (nSPS) is 22.1. The van der Waals surface area contributed by atoms with Crippen molar-refractivity contribution in [2.24, 2.45) is 11.7 Å². The van der Waals surface area contributed by atoms with Crippen LogP contribution in [-0.4, -0.2) is 72.2 Å². The fourth-order valence-electron chi connectivity index (χ4n) is 3.38. The molecule has 3 rings (SSSR count). The minimum atomic E-state index is -3.52. The van der Waals surface area contributed by atoms with Gasteiger partial charge in [0.1, 0.15) is 10.6 Å². The average molecular weight is 387 g/mol. The number of aromatic amines is 1. The SMILES string of the molecule is CC(N)C1CCN(C(=O)c2cc(S(=O)(=O)N3CCSCC3)c[nH]2)CC1. The molecule has 1 aromatic rings. The summed E-state index contributed by atoms with van der Waals surface area (Å²) in [6.45, 7) is 4.37. The predicted molar refractivity (Wildman–Crippen MR) is 99.2 cm³/mol. The summed E-state index contributed by atoms with van der Waals surface area (Å²) in [6, 6.07) is 1.61. The van der Waals surface area contributed by atoms with Crippen LogP contribution in [0.3, 0.4) is 0 Å². The third kappa shape index (κ3) is 4.05. The maximum atomic E-state index is 12.7. The molecule has 9 heteroatoms. The maximum Gasteiger partial charge on any atom is 0.270 e. The number of hydrogen-bond donors (Lipinski definition) is 2. The topological polar surface area (TPSA) is 99.5 Å². The lowest BCUT2D eigenvalue weighted by atomic mass is 9.91. The Hall–Kier alpha value is -1.03. The van der Waals surface area contributed by atoms with E-state index in [0.717, 1.165) is 24.3 Å². The van der Waals surface area contributed by atoms with E-state index in [0.29, 0.717) is 37.8 Å². The van der Waals surface area contributed by atoms with Gasteiger partial charge >= 0.3 is 0 Å². The number of piperidine rings is 1. The Morgan fingerprint density at radius 1 is 1.28 bits per heavy atom. The van der Waals surface area contributed by atoms with Crippen LogP contribution in [0.25, 0.3) is 0 Å². The van der Waals surface area contributed by atoms with Crippen LogP contribution in [-0.2, 0) is 10.0 Å². The second-order valence-corrected chi connectivity index (χ2v) is 9.92. The van der Waals surface area contributed by atoms with Crippen molar-refractivity contribution < 1.29 is 13.2 Å². The number of hydrogen-bond acceptors (Lipinski definition) is 5. The molecule has 2 fully saturated rings. The van der Waals surface area contributed by atoms with Gasteiger partial charge in [0.25, 0.3) is 5.91 Å². The van der Waals surface area contributed by atoms with Crippen molar-refractivity contribution in [3.8, 4) is 0 Å². The first-order valence-electron chi connectivity index (χ1n) is 8.71. The summed E-state index contributed by atoms with van der Waals surface area (Å²) in [4.78, 5) is 17.5. The number of amides is 1. The zero-order valence-corrected chi connectivity index (χ0v) is 16.1. The van der Waals surface area contributed by atoms with Crippen LogP contribution >= 0.6 is 11.8 Å². The molecule has 1 aromatic heterocycles. The van der Waals surface area contributed by atoms with E-state index in [9.17, 15) is 13.2 Å². The van der Waals surface area contributed by atoms with E-state index in [-0.39, 0.29) is 16.8 Å². The van der Waals surface area contributed by atoms with Gasteiger partial charge in [0.15, 0.2) is 0 Å². The highest BCUT2D eigenvalue weighted by Crippen LogP contribution is 2.23. The van der Waals surface area contributed by atoms with Crippen molar-refractivity contribution in [3.63, 3.8) is 0 Å². The summed E-state index contributed by atoms with van der Waals surface area (Å²) < 4.78 is 26.8. The second kappa shape index (κ2) is 7.69. The van der Waals surface area contributed by atoms with E-state index in [1.165, 1.54) is 16.6 Å². The molecule has 2 aliphatic heterocycles. The van der Waals surface area contributed by atoms with E-state index < -0.39 is 10.0 Å². The number of nitrogens with two attached hydrogens (primary N) is 1. The quantitative estimate of drug-likeness (QED) is 0.803.